The Labute approximate surface area is 118 Å². The van der Waals surface area contributed by atoms with Gasteiger partial charge in [0.05, 0.1) is 6.61 Å². The van der Waals surface area contributed by atoms with Gasteiger partial charge in [0, 0.05) is 11.6 Å². The normalized spacial score (nSPS) is 12.0. The molecule has 4 heteroatoms. The van der Waals surface area contributed by atoms with Crippen LogP contribution in [0.4, 0.5) is 4.39 Å². The van der Waals surface area contributed by atoms with E-state index in [1.807, 2.05) is 25.1 Å². The van der Waals surface area contributed by atoms with Gasteiger partial charge in [-0.15, -0.1) is 0 Å². The Kier molecular flexibility index (Phi) is 4.58. The highest BCUT2D eigenvalue weighted by Crippen LogP contribution is 2.35. The van der Waals surface area contributed by atoms with E-state index in [1.165, 1.54) is 6.07 Å². The van der Waals surface area contributed by atoms with Crippen molar-refractivity contribution in [1.29, 1.82) is 0 Å². The number of hydrogen-bond acceptors (Lipinski definition) is 3. The Morgan fingerprint density at radius 3 is 2.35 bits per heavy atom. The number of hydrogen-bond donors (Lipinski definition) is 1. The molecule has 0 unspecified atom stereocenters. The van der Waals surface area contributed by atoms with Crippen molar-refractivity contribution in [2.75, 3.05) is 6.61 Å². The van der Waals surface area contributed by atoms with Crippen molar-refractivity contribution in [1.82, 2.24) is 0 Å². The highest BCUT2D eigenvalue weighted by atomic mass is 19.1. The van der Waals surface area contributed by atoms with Crippen LogP contribution in [0.2, 0.25) is 0 Å². The lowest BCUT2D eigenvalue weighted by atomic mass is 10.1. The third-order valence-electron chi connectivity index (χ3n) is 2.84. The molecule has 0 heterocycles. The topological polar surface area (TPSA) is 44.5 Å². The molecular weight excluding hydrogens is 257 g/mol. The van der Waals surface area contributed by atoms with Crippen LogP contribution in [0.25, 0.3) is 0 Å². The first-order chi connectivity index (χ1) is 9.63. The number of ether oxygens (including phenoxy) is 2. The van der Waals surface area contributed by atoms with E-state index in [4.69, 9.17) is 15.2 Å². The minimum atomic E-state index is -0.453. The summed E-state index contributed by atoms with van der Waals surface area (Å²) < 4.78 is 25.1. The van der Waals surface area contributed by atoms with Gasteiger partial charge in [-0.25, -0.2) is 4.39 Å². The van der Waals surface area contributed by atoms with Crippen LogP contribution in [0, 0.1) is 5.82 Å². The summed E-state index contributed by atoms with van der Waals surface area (Å²) in [6.45, 7) is 4.15. The third kappa shape index (κ3) is 3.08. The number of halogens is 1. The highest BCUT2D eigenvalue weighted by molar-refractivity contribution is 5.45. The van der Waals surface area contributed by atoms with Crippen LogP contribution in [-0.2, 0) is 0 Å². The molecule has 3 nitrogen and oxygen atoms in total. The van der Waals surface area contributed by atoms with Crippen molar-refractivity contribution in [3.05, 3.63) is 53.8 Å². The van der Waals surface area contributed by atoms with Gasteiger partial charge >= 0.3 is 0 Å². The first-order valence-corrected chi connectivity index (χ1v) is 6.57. The van der Waals surface area contributed by atoms with E-state index in [-0.39, 0.29) is 5.82 Å². The van der Waals surface area contributed by atoms with Crippen LogP contribution in [0.5, 0.6) is 17.2 Å². The van der Waals surface area contributed by atoms with Gasteiger partial charge in [-0.05, 0) is 38.1 Å². The van der Waals surface area contributed by atoms with Gasteiger partial charge in [0.2, 0.25) is 0 Å². The molecule has 0 bridgehead atoms. The van der Waals surface area contributed by atoms with Crippen LogP contribution in [0.1, 0.15) is 25.5 Å². The van der Waals surface area contributed by atoms with Gasteiger partial charge in [-0.2, -0.15) is 0 Å². The van der Waals surface area contributed by atoms with Gasteiger partial charge in [-0.1, -0.05) is 18.2 Å². The fourth-order valence-electron chi connectivity index (χ4n) is 1.98. The van der Waals surface area contributed by atoms with Crippen molar-refractivity contribution >= 4 is 0 Å². The average Bonchev–Trinajstić information content (AvgIpc) is 2.41. The quantitative estimate of drug-likeness (QED) is 0.895. The summed E-state index contributed by atoms with van der Waals surface area (Å²) in [4.78, 5) is 0. The summed E-state index contributed by atoms with van der Waals surface area (Å²) in [5, 5.41) is 0. The van der Waals surface area contributed by atoms with Crippen LogP contribution in [-0.4, -0.2) is 6.61 Å². The van der Waals surface area contributed by atoms with Crippen molar-refractivity contribution < 1.29 is 13.9 Å². The average molecular weight is 275 g/mol. The van der Waals surface area contributed by atoms with E-state index in [2.05, 4.69) is 0 Å². The van der Waals surface area contributed by atoms with E-state index in [0.717, 1.165) is 0 Å². The van der Waals surface area contributed by atoms with Gasteiger partial charge in [-0.3, -0.25) is 0 Å². The molecule has 0 spiro atoms. The summed E-state index contributed by atoms with van der Waals surface area (Å²) in [7, 11) is 0. The van der Waals surface area contributed by atoms with E-state index in [1.54, 1.807) is 25.1 Å². The summed E-state index contributed by atoms with van der Waals surface area (Å²) in [6.07, 6.45) is 0. The number of para-hydroxylation sites is 2. The Morgan fingerprint density at radius 2 is 1.70 bits per heavy atom. The molecule has 20 heavy (non-hydrogen) atoms. The maximum absolute atomic E-state index is 13.9. The molecule has 0 amide bonds. The summed E-state index contributed by atoms with van der Waals surface area (Å²) in [5.74, 6) is 1.20. The van der Waals surface area contributed by atoms with Gasteiger partial charge < -0.3 is 15.2 Å². The lowest BCUT2D eigenvalue weighted by molar-refractivity contribution is 0.320. The minimum Gasteiger partial charge on any atom is -0.490 e. The minimum absolute atomic E-state index is 0.360. The molecule has 1 atom stereocenters. The number of benzene rings is 2. The number of nitrogens with two attached hydrogens (primary N) is 1. The van der Waals surface area contributed by atoms with E-state index in [9.17, 15) is 4.39 Å². The Balaban J connectivity index is 2.38. The molecule has 0 aromatic heterocycles. The molecule has 0 aliphatic heterocycles. The maximum Gasteiger partial charge on any atom is 0.169 e. The van der Waals surface area contributed by atoms with Crippen LogP contribution in [0.3, 0.4) is 0 Å². The molecule has 0 saturated carbocycles. The van der Waals surface area contributed by atoms with Crippen LogP contribution < -0.4 is 15.2 Å². The van der Waals surface area contributed by atoms with Gasteiger partial charge in [0.25, 0.3) is 0 Å². The second kappa shape index (κ2) is 6.39. The Hall–Kier alpha value is -2.07. The molecule has 106 valence electrons. The maximum atomic E-state index is 13.9. The molecule has 2 aromatic carbocycles. The van der Waals surface area contributed by atoms with Crippen LogP contribution >= 0.6 is 0 Å². The molecule has 2 N–H and O–H groups in total. The Morgan fingerprint density at radius 1 is 1.05 bits per heavy atom. The smallest absolute Gasteiger partial charge is 0.169 e. The standard InChI is InChI=1S/C16H18FNO2/c1-3-19-13-8-4-5-9-14(13)20-15-10-6-7-12(17)16(15)11(2)18/h4-11H,3,18H2,1-2H3/t11-/m0/s1. The highest BCUT2D eigenvalue weighted by Gasteiger charge is 2.15. The zero-order valence-corrected chi connectivity index (χ0v) is 11.6. The van der Waals surface area contributed by atoms with Gasteiger partial charge in [0.1, 0.15) is 11.6 Å². The van der Waals surface area contributed by atoms with E-state index < -0.39 is 6.04 Å². The summed E-state index contributed by atoms with van der Waals surface area (Å²) >= 11 is 0. The Bertz CT molecular complexity index is 584. The first-order valence-electron chi connectivity index (χ1n) is 6.57. The fourth-order valence-corrected chi connectivity index (χ4v) is 1.98. The van der Waals surface area contributed by atoms with Crippen molar-refractivity contribution in [2.24, 2.45) is 5.73 Å². The zero-order chi connectivity index (χ0) is 14.5. The van der Waals surface area contributed by atoms with Crippen molar-refractivity contribution in [2.45, 2.75) is 19.9 Å². The predicted molar refractivity (Wildman–Crippen MR) is 76.7 cm³/mol. The molecule has 2 rings (SSSR count). The van der Waals surface area contributed by atoms with Crippen LogP contribution in [0.15, 0.2) is 42.5 Å². The molecule has 0 aliphatic carbocycles. The number of rotatable bonds is 5. The van der Waals surface area contributed by atoms with E-state index in [0.29, 0.717) is 29.4 Å². The predicted octanol–water partition coefficient (Wildman–Crippen LogP) is 4.04. The largest absolute Gasteiger partial charge is 0.490 e. The molecule has 0 saturated heterocycles. The SMILES string of the molecule is CCOc1ccccc1Oc1cccc(F)c1[C@H](C)N. The van der Waals surface area contributed by atoms with Crippen molar-refractivity contribution in [3.63, 3.8) is 0 Å². The lowest BCUT2D eigenvalue weighted by Gasteiger charge is -2.16. The fraction of sp³-hybridized carbons (Fsp3) is 0.250. The second-order valence-electron chi connectivity index (χ2n) is 4.42. The molecule has 0 fully saturated rings. The third-order valence-corrected chi connectivity index (χ3v) is 2.84. The first kappa shape index (κ1) is 14.3. The zero-order valence-electron chi connectivity index (χ0n) is 11.6. The molecule has 2 aromatic rings. The molecule has 0 radical (unpaired) electrons. The molecule has 0 aliphatic rings. The second-order valence-corrected chi connectivity index (χ2v) is 4.42. The monoisotopic (exact) mass is 275 g/mol. The van der Waals surface area contributed by atoms with E-state index >= 15 is 0 Å². The van der Waals surface area contributed by atoms with Gasteiger partial charge in [0.15, 0.2) is 11.5 Å². The summed E-state index contributed by atoms with van der Waals surface area (Å²) in [5.41, 5.74) is 6.17. The summed E-state index contributed by atoms with van der Waals surface area (Å²) in [6, 6.07) is 11.5. The van der Waals surface area contributed by atoms with Crippen molar-refractivity contribution in [3.8, 4) is 17.2 Å². The molecular formula is C16H18FNO2. The lowest BCUT2D eigenvalue weighted by Crippen LogP contribution is -2.09.